The first-order valence-electron chi connectivity index (χ1n) is 8.74. The highest BCUT2D eigenvalue weighted by Gasteiger charge is 2.08. The van der Waals surface area contributed by atoms with Gasteiger partial charge in [0.1, 0.15) is 5.82 Å². The molecule has 0 saturated heterocycles. The highest BCUT2D eigenvalue weighted by Crippen LogP contribution is 2.21. The van der Waals surface area contributed by atoms with Crippen LogP contribution in [0.1, 0.15) is 26.6 Å². The van der Waals surface area contributed by atoms with Crippen LogP contribution in [0.4, 0.5) is 0 Å². The molecule has 0 spiro atoms. The Morgan fingerprint density at radius 3 is 2.58 bits per heavy atom. The molecule has 144 valence electrons. The summed E-state index contributed by atoms with van der Waals surface area (Å²) in [6, 6.07) is 10.5. The van der Waals surface area contributed by atoms with E-state index in [4.69, 9.17) is 0 Å². The molecule has 1 aromatic carbocycles. The van der Waals surface area contributed by atoms with E-state index >= 15 is 0 Å². The zero-order valence-corrected chi connectivity index (χ0v) is 19.1. The van der Waals surface area contributed by atoms with Crippen LogP contribution >= 0.6 is 35.7 Å². The van der Waals surface area contributed by atoms with Crippen molar-refractivity contribution in [1.82, 2.24) is 20.2 Å². The number of hydrogen-bond donors (Lipinski definition) is 2. The van der Waals surface area contributed by atoms with E-state index in [9.17, 15) is 0 Å². The van der Waals surface area contributed by atoms with Crippen LogP contribution in [0.25, 0.3) is 0 Å². The van der Waals surface area contributed by atoms with Crippen molar-refractivity contribution in [3.63, 3.8) is 0 Å². The number of guanidine groups is 1. The van der Waals surface area contributed by atoms with Gasteiger partial charge in [-0.2, -0.15) is 0 Å². The van der Waals surface area contributed by atoms with Crippen LogP contribution in [0.15, 0.2) is 52.6 Å². The van der Waals surface area contributed by atoms with Gasteiger partial charge in [0.2, 0.25) is 0 Å². The van der Waals surface area contributed by atoms with Gasteiger partial charge in [0.25, 0.3) is 0 Å². The number of aromatic nitrogens is 2. The number of aliphatic imine (C=N–C) groups is 1. The average molecular weight is 487 g/mol. The fourth-order valence-electron chi connectivity index (χ4n) is 2.46. The zero-order valence-electron chi connectivity index (χ0n) is 16.0. The van der Waals surface area contributed by atoms with Crippen molar-refractivity contribution in [3.05, 3.63) is 48.5 Å². The number of hydrogen-bond acceptors (Lipinski definition) is 3. The largest absolute Gasteiger partial charge is 0.355 e. The zero-order chi connectivity index (χ0) is 18.1. The lowest BCUT2D eigenvalue weighted by Crippen LogP contribution is -2.40. The maximum atomic E-state index is 4.44. The van der Waals surface area contributed by atoms with Gasteiger partial charge in [-0.25, -0.2) is 4.98 Å². The van der Waals surface area contributed by atoms with Gasteiger partial charge >= 0.3 is 0 Å². The summed E-state index contributed by atoms with van der Waals surface area (Å²) in [5.41, 5.74) is 0. The monoisotopic (exact) mass is 487 g/mol. The molecule has 0 radical (unpaired) electrons. The van der Waals surface area contributed by atoms with Crippen molar-refractivity contribution >= 4 is 41.7 Å². The van der Waals surface area contributed by atoms with E-state index in [0.717, 1.165) is 24.9 Å². The lowest BCUT2D eigenvalue weighted by atomic mass is 10.2. The predicted octanol–water partition coefficient (Wildman–Crippen LogP) is 4.00. The molecule has 0 aliphatic rings. The third kappa shape index (κ3) is 7.99. The molecule has 0 aliphatic carbocycles. The molecule has 2 aromatic rings. The molecule has 2 N–H and O–H groups in total. The lowest BCUT2D eigenvalue weighted by molar-refractivity contribution is 0.503. The number of rotatable bonds is 8. The van der Waals surface area contributed by atoms with Crippen LogP contribution in [0, 0.1) is 5.92 Å². The summed E-state index contributed by atoms with van der Waals surface area (Å²) in [6.07, 6.45) is 3.89. The molecule has 0 amide bonds. The standard InChI is InChI=1S/C19H29N5S.HI/c1-15(2)14-24-11-10-21-18(24)13-23-19(20-4)22-12-16(3)25-17-8-6-5-7-9-17;/h5-11,15-16H,12-14H2,1-4H3,(H2,20,22,23);1H. The number of halogens is 1. The summed E-state index contributed by atoms with van der Waals surface area (Å²) in [7, 11) is 1.80. The highest BCUT2D eigenvalue weighted by molar-refractivity contribution is 14.0. The predicted molar refractivity (Wildman–Crippen MR) is 122 cm³/mol. The molecule has 7 heteroatoms. The van der Waals surface area contributed by atoms with Gasteiger partial charge in [-0.1, -0.05) is 39.0 Å². The number of benzene rings is 1. The van der Waals surface area contributed by atoms with Gasteiger partial charge in [-0.05, 0) is 18.1 Å². The van der Waals surface area contributed by atoms with Gasteiger partial charge in [0.05, 0.1) is 6.54 Å². The molecule has 5 nitrogen and oxygen atoms in total. The molecule has 0 bridgehead atoms. The summed E-state index contributed by atoms with van der Waals surface area (Å²) in [5.74, 6) is 2.43. The van der Waals surface area contributed by atoms with Gasteiger partial charge in [0.15, 0.2) is 5.96 Å². The summed E-state index contributed by atoms with van der Waals surface area (Å²) in [4.78, 5) is 10.0. The first-order chi connectivity index (χ1) is 12.1. The molecule has 0 saturated carbocycles. The number of nitrogens with one attached hydrogen (secondary N) is 2. The minimum absolute atomic E-state index is 0. The van der Waals surface area contributed by atoms with E-state index in [2.05, 4.69) is 70.2 Å². The van der Waals surface area contributed by atoms with Gasteiger partial charge in [-0.3, -0.25) is 4.99 Å². The van der Waals surface area contributed by atoms with Crippen molar-refractivity contribution in [3.8, 4) is 0 Å². The second-order valence-corrected chi connectivity index (χ2v) is 7.95. The summed E-state index contributed by atoms with van der Waals surface area (Å²) < 4.78 is 2.19. The van der Waals surface area contributed by atoms with Crippen molar-refractivity contribution in [1.29, 1.82) is 0 Å². The van der Waals surface area contributed by atoms with Crippen LogP contribution in [0.5, 0.6) is 0 Å². The second-order valence-electron chi connectivity index (χ2n) is 6.44. The van der Waals surface area contributed by atoms with E-state index in [1.807, 2.05) is 30.2 Å². The molecule has 26 heavy (non-hydrogen) atoms. The average Bonchev–Trinajstić information content (AvgIpc) is 3.02. The SMILES string of the molecule is CN=C(NCc1nccn1CC(C)C)NCC(C)Sc1ccccc1.I. The summed E-state index contributed by atoms with van der Waals surface area (Å²) >= 11 is 1.86. The fraction of sp³-hybridized carbons (Fsp3) is 0.474. The maximum Gasteiger partial charge on any atom is 0.191 e. The molecule has 2 rings (SSSR count). The molecule has 0 fully saturated rings. The van der Waals surface area contributed by atoms with Crippen LogP contribution in [-0.4, -0.2) is 34.4 Å². The van der Waals surface area contributed by atoms with Crippen LogP contribution in [0.2, 0.25) is 0 Å². The molecule has 0 aliphatic heterocycles. The van der Waals surface area contributed by atoms with E-state index in [1.54, 1.807) is 7.05 Å². The summed E-state index contributed by atoms with van der Waals surface area (Å²) in [5, 5.41) is 7.19. The molecule has 1 aromatic heterocycles. The molecular formula is C19H30IN5S. The van der Waals surface area contributed by atoms with Crippen LogP contribution in [0.3, 0.4) is 0 Å². The normalized spacial score (nSPS) is 12.6. The molecule has 1 unspecified atom stereocenters. The quantitative estimate of drug-likeness (QED) is 0.256. The first-order valence-corrected chi connectivity index (χ1v) is 9.62. The Morgan fingerprint density at radius 1 is 1.19 bits per heavy atom. The second kappa shape index (κ2) is 12.2. The van der Waals surface area contributed by atoms with Crippen molar-refractivity contribution in [2.45, 2.75) is 44.0 Å². The highest BCUT2D eigenvalue weighted by atomic mass is 127. The molecule has 1 heterocycles. The van der Waals surface area contributed by atoms with Gasteiger partial charge < -0.3 is 15.2 Å². The van der Waals surface area contributed by atoms with E-state index < -0.39 is 0 Å². The third-order valence-corrected chi connectivity index (χ3v) is 4.75. The smallest absolute Gasteiger partial charge is 0.191 e. The van der Waals surface area contributed by atoms with Gasteiger partial charge in [0, 0.05) is 42.7 Å². The Bertz CT molecular complexity index is 657. The number of nitrogens with zero attached hydrogens (tertiary/aromatic N) is 3. The number of imidazole rings is 1. The van der Waals surface area contributed by atoms with Gasteiger partial charge in [-0.15, -0.1) is 35.7 Å². The molecular weight excluding hydrogens is 457 g/mol. The third-order valence-electron chi connectivity index (χ3n) is 3.64. The Balaban J connectivity index is 0.00000338. The fourth-order valence-corrected chi connectivity index (χ4v) is 3.41. The first kappa shape index (κ1) is 22.8. The lowest BCUT2D eigenvalue weighted by Gasteiger charge is -2.16. The van der Waals surface area contributed by atoms with Crippen molar-refractivity contribution < 1.29 is 0 Å². The topological polar surface area (TPSA) is 54.2 Å². The van der Waals surface area contributed by atoms with E-state index in [-0.39, 0.29) is 24.0 Å². The van der Waals surface area contributed by atoms with Crippen molar-refractivity contribution in [2.24, 2.45) is 10.9 Å². The Kier molecular flexibility index (Phi) is 10.7. The Labute approximate surface area is 178 Å². The van der Waals surface area contributed by atoms with Crippen molar-refractivity contribution in [2.75, 3.05) is 13.6 Å². The maximum absolute atomic E-state index is 4.44. The molecule has 1 atom stereocenters. The minimum Gasteiger partial charge on any atom is -0.355 e. The number of thioether (sulfide) groups is 1. The Morgan fingerprint density at radius 2 is 1.92 bits per heavy atom. The minimum atomic E-state index is 0. The van der Waals surface area contributed by atoms with Crippen LogP contribution < -0.4 is 10.6 Å². The Hall–Kier alpha value is -1.22. The van der Waals surface area contributed by atoms with Crippen LogP contribution in [-0.2, 0) is 13.1 Å². The van der Waals surface area contributed by atoms with E-state index in [0.29, 0.717) is 17.7 Å². The summed E-state index contributed by atoms with van der Waals surface area (Å²) in [6.45, 7) is 9.13. The van der Waals surface area contributed by atoms with E-state index in [1.165, 1.54) is 4.90 Å².